The molecule has 22 heavy (non-hydrogen) atoms. The molecular formula is C17H20N2O3. The number of furan rings is 1. The van der Waals surface area contributed by atoms with Crippen LogP contribution in [-0.4, -0.2) is 16.0 Å². The lowest BCUT2D eigenvalue weighted by atomic mass is 9.75. The Balaban J connectivity index is 1.91. The van der Waals surface area contributed by atoms with E-state index in [1.807, 2.05) is 6.92 Å². The first-order valence-corrected chi connectivity index (χ1v) is 7.39. The first kappa shape index (κ1) is 14.8. The van der Waals surface area contributed by atoms with Crippen LogP contribution >= 0.6 is 0 Å². The Bertz CT molecular complexity index is 704. The summed E-state index contributed by atoms with van der Waals surface area (Å²) in [4.78, 5) is 16.3. The molecular weight excluding hydrogens is 280 g/mol. The fraction of sp³-hybridized carbons (Fsp3) is 0.412. The molecule has 116 valence electrons. The highest BCUT2D eigenvalue weighted by Crippen LogP contribution is 2.43. The second-order valence-electron chi connectivity index (χ2n) is 6.64. The second-order valence-corrected chi connectivity index (χ2v) is 6.64. The van der Waals surface area contributed by atoms with Crippen molar-refractivity contribution in [2.75, 3.05) is 5.32 Å². The van der Waals surface area contributed by atoms with Gasteiger partial charge < -0.3 is 14.8 Å². The third kappa shape index (κ3) is 2.64. The monoisotopic (exact) mass is 300 g/mol. The predicted molar refractivity (Wildman–Crippen MR) is 82.7 cm³/mol. The van der Waals surface area contributed by atoms with Gasteiger partial charge in [0.15, 0.2) is 5.76 Å². The molecule has 0 bridgehead atoms. The highest BCUT2D eigenvalue weighted by atomic mass is 16.4. The maximum absolute atomic E-state index is 12.4. The summed E-state index contributed by atoms with van der Waals surface area (Å²) >= 11 is 0. The molecule has 0 saturated heterocycles. The minimum atomic E-state index is -0.579. The molecule has 5 nitrogen and oxygen atoms in total. The quantitative estimate of drug-likeness (QED) is 0.892. The van der Waals surface area contributed by atoms with Crippen LogP contribution in [0.2, 0.25) is 0 Å². The molecule has 3 rings (SSSR count). The van der Waals surface area contributed by atoms with E-state index in [1.165, 1.54) is 0 Å². The number of aromatic nitrogens is 1. The van der Waals surface area contributed by atoms with E-state index in [2.05, 4.69) is 24.1 Å². The Kier molecular flexibility index (Phi) is 3.53. The number of fused-ring (bicyclic) bond motifs is 1. The highest BCUT2D eigenvalue weighted by Gasteiger charge is 2.37. The molecule has 2 N–H and O–H groups in total. The van der Waals surface area contributed by atoms with Crippen LogP contribution in [0, 0.1) is 12.3 Å². The normalized spacial score (nSPS) is 19.5. The van der Waals surface area contributed by atoms with Gasteiger partial charge in [-0.05, 0) is 30.9 Å². The van der Waals surface area contributed by atoms with Crippen LogP contribution in [0.25, 0.3) is 0 Å². The summed E-state index contributed by atoms with van der Waals surface area (Å²) in [7, 11) is 0. The van der Waals surface area contributed by atoms with Crippen LogP contribution in [0.5, 0.6) is 0 Å². The van der Waals surface area contributed by atoms with Crippen molar-refractivity contribution in [3.8, 4) is 0 Å². The average molecular weight is 300 g/mol. The van der Waals surface area contributed by atoms with Crippen molar-refractivity contribution < 1.29 is 14.3 Å². The number of rotatable bonds is 2. The van der Waals surface area contributed by atoms with E-state index in [0.29, 0.717) is 12.1 Å². The Labute approximate surface area is 129 Å². The molecule has 2 aromatic rings. The molecule has 0 aromatic carbocycles. The van der Waals surface area contributed by atoms with E-state index in [-0.39, 0.29) is 17.1 Å². The lowest BCUT2D eigenvalue weighted by molar-refractivity contribution is 0.0910. The number of hydrogen-bond donors (Lipinski definition) is 2. The number of anilines is 1. The van der Waals surface area contributed by atoms with E-state index in [9.17, 15) is 9.90 Å². The van der Waals surface area contributed by atoms with Gasteiger partial charge in [-0.15, -0.1) is 0 Å². The smallest absolute Gasteiger partial charge is 0.291 e. The molecule has 2 heterocycles. The number of carbonyl (C=O) groups is 1. The van der Waals surface area contributed by atoms with Gasteiger partial charge in [-0.1, -0.05) is 13.8 Å². The van der Waals surface area contributed by atoms with Crippen LogP contribution in [0.15, 0.2) is 28.9 Å². The van der Waals surface area contributed by atoms with E-state index < -0.39 is 6.10 Å². The Hall–Kier alpha value is -2.14. The van der Waals surface area contributed by atoms with Gasteiger partial charge in [-0.3, -0.25) is 9.78 Å². The number of hydrogen-bond acceptors (Lipinski definition) is 4. The van der Waals surface area contributed by atoms with Crippen LogP contribution in [-0.2, 0) is 6.42 Å². The summed E-state index contributed by atoms with van der Waals surface area (Å²) in [6.45, 7) is 6.01. The Morgan fingerprint density at radius 2 is 2.09 bits per heavy atom. The summed E-state index contributed by atoms with van der Waals surface area (Å²) in [5, 5.41) is 13.2. The van der Waals surface area contributed by atoms with Gasteiger partial charge in [0.1, 0.15) is 5.76 Å². The SMILES string of the molecule is Cc1c(C(=O)Nc2ccncc2)oc2c1[C@H](O)CC(C)(C)C2. The van der Waals surface area contributed by atoms with Gasteiger partial charge in [-0.25, -0.2) is 0 Å². The summed E-state index contributed by atoms with van der Waals surface area (Å²) in [5.41, 5.74) is 2.13. The molecule has 0 fully saturated rings. The fourth-order valence-electron chi connectivity index (χ4n) is 3.13. The van der Waals surface area contributed by atoms with Crippen molar-refractivity contribution in [2.45, 2.75) is 39.7 Å². The third-order valence-corrected chi connectivity index (χ3v) is 4.13. The molecule has 1 amide bonds. The van der Waals surface area contributed by atoms with Crippen molar-refractivity contribution in [1.82, 2.24) is 4.98 Å². The molecule has 5 heteroatoms. The van der Waals surface area contributed by atoms with E-state index >= 15 is 0 Å². The van der Waals surface area contributed by atoms with Crippen molar-refractivity contribution in [1.29, 1.82) is 0 Å². The second kappa shape index (κ2) is 5.25. The van der Waals surface area contributed by atoms with Gasteiger partial charge in [0.05, 0.1) is 6.10 Å². The first-order valence-electron chi connectivity index (χ1n) is 7.39. The molecule has 0 saturated carbocycles. The topological polar surface area (TPSA) is 75.4 Å². The molecule has 1 aliphatic rings. The minimum Gasteiger partial charge on any atom is -0.455 e. The number of nitrogens with one attached hydrogen (secondary N) is 1. The molecule has 1 atom stereocenters. The number of carbonyl (C=O) groups excluding carboxylic acids is 1. The standard InChI is InChI=1S/C17H20N2O3/c1-10-14-12(20)8-17(2,3)9-13(14)22-15(10)16(21)19-11-4-6-18-7-5-11/h4-7,12,20H,8-9H2,1-3H3,(H,18,19,21)/t12-/m1/s1. The van der Waals surface area contributed by atoms with Gasteiger partial charge in [0.2, 0.25) is 0 Å². The molecule has 0 spiro atoms. The first-order chi connectivity index (χ1) is 10.4. The number of amides is 1. The predicted octanol–water partition coefficient (Wildman–Crippen LogP) is 3.24. The summed E-state index contributed by atoms with van der Waals surface area (Å²) in [6.07, 6.45) is 4.04. The maximum atomic E-state index is 12.4. The number of aliphatic hydroxyl groups is 1. The largest absolute Gasteiger partial charge is 0.455 e. The highest BCUT2D eigenvalue weighted by molar-refractivity contribution is 6.03. The van der Waals surface area contributed by atoms with Crippen LogP contribution in [0.4, 0.5) is 5.69 Å². The third-order valence-electron chi connectivity index (χ3n) is 4.13. The van der Waals surface area contributed by atoms with E-state index in [4.69, 9.17) is 4.42 Å². The lowest BCUT2D eigenvalue weighted by Gasteiger charge is -2.31. The summed E-state index contributed by atoms with van der Waals surface area (Å²) in [5.74, 6) is 0.697. The lowest BCUT2D eigenvalue weighted by Crippen LogP contribution is -2.24. The molecule has 0 radical (unpaired) electrons. The van der Waals surface area contributed by atoms with E-state index in [1.54, 1.807) is 24.5 Å². The van der Waals surface area contributed by atoms with Crippen molar-refractivity contribution >= 4 is 11.6 Å². The van der Waals surface area contributed by atoms with E-state index in [0.717, 1.165) is 23.3 Å². The minimum absolute atomic E-state index is 0.0322. The van der Waals surface area contributed by atoms with Crippen molar-refractivity contribution in [3.05, 3.63) is 47.2 Å². The number of nitrogens with zero attached hydrogens (tertiary/aromatic N) is 1. The van der Waals surface area contributed by atoms with Crippen LogP contribution in [0.3, 0.4) is 0 Å². The van der Waals surface area contributed by atoms with Crippen molar-refractivity contribution in [2.24, 2.45) is 5.41 Å². The fourth-order valence-corrected chi connectivity index (χ4v) is 3.13. The van der Waals surface area contributed by atoms with Crippen LogP contribution in [0.1, 0.15) is 53.8 Å². The number of pyridine rings is 1. The molecule has 0 aliphatic heterocycles. The maximum Gasteiger partial charge on any atom is 0.291 e. The zero-order valence-electron chi connectivity index (χ0n) is 13.0. The Morgan fingerprint density at radius 3 is 2.77 bits per heavy atom. The molecule has 0 unspecified atom stereocenters. The summed E-state index contributed by atoms with van der Waals surface area (Å²) in [6, 6.07) is 3.43. The van der Waals surface area contributed by atoms with Gasteiger partial charge in [0.25, 0.3) is 5.91 Å². The number of aliphatic hydroxyl groups excluding tert-OH is 1. The van der Waals surface area contributed by atoms with Gasteiger partial charge in [0, 0.05) is 35.6 Å². The van der Waals surface area contributed by atoms with Crippen LogP contribution < -0.4 is 5.32 Å². The van der Waals surface area contributed by atoms with Gasteiger partial charge in [-0.2, -0.15) is 0 Å². The summed E-state index contributed by atoms with van der Waals surface area (Å²) < 4.78 is 5.79. The zero-order valence-corrected chi connectivity index (χ0v) is 13.0. The average Bonchev–Trinajstić information content (AvgIpc) is 2.75. The van der Waals surface area contributed by atoms with Gasteiger partial charge >= 0.3 is 0 Å². The van der Waals surface area contributed by atoms with Crippen molar-refractivity contribution in [3.63, 3.8) is 0 Å². The zero-order chi connectivity index (χ0) is 15.9. The molecule has 1 aliphatic carbocycles. The molecule has 2 aromatic heterocycles. The Morgan fingerprint density at radius 1 is 1.41 bits per heavy atom.